The molecular formula is C22H18Cl3F3N2O3S2. The largest absolute Gasteiger partial charge is 0.488 e. The van der Waals surface area contributed by atoms with Crippen LogP contribution in [-0.4, -0.2) is 39.6 Å². The Balaban J connectivity index is 1.68. The molecular weight excluding hydrogens is 568 g/mol. The van der Waals surface area contributed by atoms with Gasteiger partial charge < -0.3 is 9.64 Å². The highest BCUT2D eigenvalue weighted by Crippen LogP contribution is 2.42. The molecule has 1 saturated heterocycles. The number of anilines is 1. The third kappa shape index (κ3) is 6.00. The molecule has 0 spiro atoms. The van der Waals surface area contributed by atoms with E-state index in [4.69, 9.17) is 39.5 Å². The summed E-state index contributed by atoms with van der Waals surface area (Å²) in [6.45, 7) is 1.16. The summed E-state index contributed by atoms with van der Waals surface area (Å²) >= 11 is 19.0. The van der Waals surface area contributed by atoms with Crippen molar-refractivity contribution in [3.63, 3.8) is 0 Å². The first-order chi connectivity index (χ1) is 16.3. The molecule has 0 radical (unpaired) electrons. The molecule has 35 heavy (non-hydrogen) atoms. The number of nitrogens with zero attached hydrogens (tertiary/aromatic N) is 1. The topological polar surface area (TPSA) is 58.6 Å². The lowest BCUT2D eigenvalue weighted by Crippen LogP contribution is -2.23. The SMILES string of the molecule is CN1CCC(Oc2cc(NS(=O)(=O)c3sc(Cl)cc3-c3ccc(Cl)c(Cl)c3)ccc2C(F)(F)F)C1. The Bertz CT molecular complexity index is 1360. The second-order valence-electron chi connectivity index (χ2n) is 7.99. The highest BCUT2D eigenvalue weighted by molar-refractivity contribution is 7.94. The second kappa shape index (κ2) is 9.99. The molecule has 3 aromatic rings. The van der Waals surface area contributed by atoms with E-state index in [1.54, 1.807) is 6.07 Å². The Morgan fingerprint density at radius 2 is 1.83 bits per heavy atom. The molecule has 1 atom stereocenters. The highest BCUT2D eigenvalue weighted by Gasteiger charge is 2.36. The van der Waals surface area contributed by atoms with Crippen molar-refractivity contribution in [1.82, 2.24) is 4.90 Å². The number of rotatable bonds is 6. The molecule has 1 aliphatic rings. The number of sulfonamides is 1. The van der Waals surface area contributed by atoms with Crippen LogP contribution in [0.2, 0.25) is 14.4 Å². The molecule has 1 aromatic heterocycles. The summed E-state index contributed by atoms with van der Waals surface area (Å²) in [4.78, 5) is 1.94. The average molecular weight is 586 g/mol. The van der Waals surface area contributed by atoms with Gasteiger partial charge in [-0.15, -0.1) is 11.3 Å². The van der Waals surface area contributed by atoms with E-state index in [1.165, 1.54) is 18.2 Å². The smallest absolute Gasteiger partial charge is 0.419 e. The van der Waals surface area contributed by atoms with E-state index >= 15 is 0 Å². The lowest BCUT2D eigenvalue weighted by Gasteiger charge is -2.19. The Morgan fingerprint density at radius 3 is 2.46 bits per heavy atom. The van der Waals surface area contributed by atoms with Crippen LogP contribution in [0.3, 0.4) is 0 Å². The molecule has 4 rings (SSSR count). The molecule has 1 fully saturated rings. The summed E-state index contributed by atoms with van der Waals surface area (Å²) in [7, 11) is -2.39. The first-order valence-corrected chi connectivity index (χ1v) is 13.6. The minimum absolute atomic E-state index is 0.0797. The number of alkyl halides is 3. The molecule has 188 valence electrons. The quantitative estimate of drug-likeness (QED) is 0.330. The standard InChI is InChI=1S/C22H18Cl3F3N2O3S2/c1-30-7-6-14(11-30)33-19-9-13(3-4-16(19)22(26,27)28)29-35(31,32)21-15(10-20(25)34-21)12-2-5-17(23)18(24)8-12/h2-5,8-10,14,29H,6-7,11H2,1H3. The van der Waals surface area contributed by atoms with E-state index < -0.39 is 33.6 Å². The summed E-state index contributed by atoms with van der Waals surface area (Å²) in [5, 5.41) is 0.523. The van der Waals surface area contributed by atoms with Gasteiger partial charge in [0.1, 0.15) is 16.1 Å². The van der Waals surface area contributed by atoms with Crippen molar-refractivity contribution >= 4 is 61.9 Å². The number of hydrogen-bond donors (Lipinski definition) is 1. The van der Waals surface area contributed by atoms with Gasteiger partial charge in [0, 0.05) is 24.7 Å². The fourth-order valence-electron chi connectivity index (χ4n) is 3.70. The maximum absolute atomic E-state index is 13.6. The normalized spacial score (nSPS) is 17.1. The van der Waals surface area contributed by atoms with Crippen molar-refractivity contribution in [3.8, 4) is 16.9 Å². The van der Waals surface area contributed by atoms with Gasteiger partial charge in [0.2, 0.25) is 0 Å². The van der Waals surface area contributed by atoms with E-state index in [1.807, 2.05) is 11.9 Å². The van der Waals surface area contributed by atoms with Crippen molar-refractivity contribution < 1.29 is 26.3 Å². The van der Waals surface area contributed by atoms with Gasteiger partial charge in [-0.05, 0) is 49.4 Å². The van der Waals surface area contributed by atoms with Crippen LogP contribution in [0.15, 0.2) is 46.7 Å². The predicted octanol–water partition coefficient (Wildman–Crippen LogP) is 7.28. The summed E-state index contributed by atoms with van der Waals surface area (Å²) in [5.74, 6) is -0.438. The average Bonchev–Trinajstić information content (AvgIpc) is 3.35. The van der Waals surface area contributed by atoms with Gasteiger partial charge in [0.25, 0.3) is 10.0 Å². The van der Waals surface area contributed by atoms with Gasteiger partial charge >= 0.3 is 6.18 Å². The van der Waals surface area contributed by atoms with E-state index in [0.29, 0.717) is 30.1 Å². The van der Waals surface area contributed by atoms with Crippen LogP contribution in [0.25, 0.3) is 11.1 Å². The highest BCUT2D eigenvalue weighted by atomic mass is 35.5. The maximum atomic E-state index is 13.6. The monoisotopic (exact) mass is 584 g/mol. The molecule has 1 N–H and O–H groups in total. The lowest BCUT2D eigenvalue weighted by atomic mass is 10.1. The van der Waals surface area contributed by atoms with E-state index in [-0.39, 0.29) is 24.8 Å². The minimum Gasteiger partial charge on any atom is -0.488 e. The number of likely N-dealkylation sites (tertiary alicyclic amines) is 1. The zero-order valence-electron chi connectivity index (χ0n) is 18.0. The van der Waals surface area contributed by atoms with Gasteiger partial charge in [0.15, 0.2) is 0 Å². The van der Waals surface area contributed by atoms with Crippen molar-refractivity contribution in [1.29, 1.82) is 0 Å². The van der Waals surface area contributed by atoms with Gasteiger partial charge in [0.05, 0.1) is 25.6 Å². The zero-order chi connectivity index (χ0) is 25.5. The van der Waals surface area contributed by atoms with E-state index in [0.717, 1.165) is 29.5 Å². The molecule has 1 unspecified atom stereocenters. The fourth-order valence-corrected chi connectivity index (χ4v) is 6.95. The van der Waals surface area contributed by atoms with Gasteiger partial charge in [-0.3, -0.25) is 4.72 Å². The first-order valence-electron chi connectivity index (χ1n) is 10.2. The number of halogens is 6. The van der Waals surface area contributed by atoms with Gasteiger partial charge in [-0.1, -0.05) is 40.9 Å². The van der Waals surface area contributed by atoms with Crippen LogP contribution in [0.5, 0.6) is 5.75 Å². The third-order valence-corrected chi connectivity index (χ3v) is 9.24. The minimum atomic E-state index is -4.67. The molecule has 0 saturated carbocycles. The molecule has 5 nitrogen and oxygen atoms in total. The summed E-state index contributed by atoms with van der Waals surface area (Å²) < 4.78 is 75.3. The summed E-state index contributed by atoms with van der Waals surface area (Å²) in [6, 6.07) is 8.98. The summed E-state index contributed by atoms with van der Waals surface area (Å²) in [5.41, 5.74) is -0.317. The first kappa shape index (κ1) is 26.4. The Kier molecular flexibility index (Phi) is 7.53. The molecule has 0 bridgehead atoms. The maximum Gasteiger partial charge on any atom is 0.419 e. The van der Waals surface area contributed by atoms with Crippen molar-refractivity contribution in [3.05, 3.63) is 62.4 Å². The Morgan fingerprint density at radius 1 is 1.09 bits per heavy atom. The van der Waals surface area contributed by atoms with Crippen molar-refractivity contribution in [2.75, 3.05) is 24.9 Å². The number of benzene rings is 2. The van der Waals surface area contributed by atoms with Crippen LogP contribution < -0.4 is 9.46 Å². The molecule has 13 heteroatoms. The van der Waals surface area contributed by atoms with Crippen LogP contribution in [0.4, 0.5) is 18.9 Å². The third-order valence-electron chi connectivity index (χ3n) is 5.32. The summed E-state index contributed by atoms with van der Waals surface area (Å²) in [6.07, 6.45) is -4.55. The zero-order valence-corrected chi connectivity index (χ0v) is 21.9. The number of hydrogen-bond acceptors (Lipinski definition) is 5. The van der Waals surface area contributed by atoms with Crippen molar-refractivity contribution in [2.45, 2.75) is 22.9 Å². The molecule has 2 aromatic carbocycles. The van der Waals surface area contributed by atoms with Gasteiger partial charge in [-0.2, -0.15) is 13.2 Å². The van der Waals surface area contributed by atoms with Crippen molar-refractivity contribution in [2.24, 2.45) is 0 Å². The molecule has 0 aliphatic carbocycles. The number of thiophene rings is 1. The molecule has 1 aliphatic heterocycles. The number of nitrogens with one attached hydrogen (secondary N) is 1. The van der Waals surface area contributed by atoms with Crippen LogP contribution >= 0.6 is 46.1 Å². The molecule has 0 amide bonds. The Labute approximate surface area is 219 Å². The van der Waals surface area contributed by atoms with Crippen LogP contribution in [0, 0.1) is 0 Å². The Hall–Kier alpha value is -1.69. The predicted molar refractivity (Wildman–Crippen MR) is 134 cm³/mol. The number of likely N-dealkylation sites (N-methyl/N-ethyl adjacent to an activating group) is 1. The second-order valence-corrected chi connectivity index (χ2v) is 12.4. The lowest BCUT2D eigenvalue weighted by molar-refractivity contribution is -0.139. The number of ether oxygens (including phenoxy) is 1. The van der Waals surface area contributed by atoms with Crippen LogP contribution in [-0.2, 0) is 16.2 Å². The fraction of sp³-hybridized carbons (Fsp3) is 0.273. The van der Waals surface area contributed by atoms with Crippen LogP contribution in [0.1, 0.15) is 12.0 Å². The van der Waals surface area contributed by atoms with E-state index in [2.05, 4.69) is 4.72 Å². The van der Waals surface area contributed by atoms with E-state index in [9.17, 15) is 21.6 Å². The molecule has 2 heterocycles. The van der Waals surface area contributed by atoms with Gasteiger partial charge in [-0.25, -0.2) is 8.42 Å².